The van der Waals surface area contributed by atoms with Gasteiger partial charge in [-0.05, 0) is 59.9 Å². The van der Waals surface area contributed by atoms with Crippen LogP contribution >= 0.6 is 0 Å². The summed E-state index contributed by atoms with van der Waals surface area (Å²) >= 11 is 0. The van der Waals surface area contributed by atoms with Crippen molar-refractivity contribution < 1.29 is 19.5 Å². The van der Waals surface area contributed by atoms with Gasteiger partial charge in [-0.2, -0.15) is 0 Å². The lowest BCUT2D eigenvalue weighted by molar-refractivity contribution is -0.129. The summed E-state index contributed by atoms with van der Waals surface area (Å²) in [6.45, 7) is 8.31. The zero-order valence-electron chi connectivity index (χ0n) is 16.7. The molecule has 0 bridgehead atoms. The van der Waals surface area contributed by atoms with Gasteiger partial charge < -0.3 is 9.47 Å². The Bertz CT molecular complexity index is 951. The van der Waals surface area contributed by atoms with Gasteiger partial charge in [0.1, 0.15) is 11.5 Å². The van der Waals surface area contributed by atoms with Gasteiger partial charge in [0.25, 0.3) is 0 Å². The third kappa shape index (κ3) is 4.93. The van der Waals surface area contributed by atoms with Crippen molar-refractivity contribution in [3.05, 3.63) is 64.7 Å². The van der Waals surface area contributed by atoms with Crippen LogP contribution in [0, 0.1) is 25.7 Å². The van der Waals surface area contributed by atoms with Crippen molar-refractivity contribution in [1.29, 1.82) is 0 Å². The molecule has 146 valence electrons. The molecule has 0 unspecified atom stereocenters. The summed E-state index contributed by atoms with van der Waals surface area (Å²) in [6, 6.07) is 9.77. The lowest BCUT2D eigenvalue weighted by Crippen LogP contribution is -2.17. The second-order valence-electron chi connectivity index (χ2n) is 6.35. The largest absolute Gasteiger partial charge is 0.496 e. The van der Waals surface area contributed by atoms with Gasteiger partial charge in [0.2, 0.25) is 5.91 Å². The lowest BCUT2D eigenvalue weighted by atomic mass is 9.94. The van der Waals surface area contributed by atoms with E-state index in [4.69, 9.17) is 14.7 Å². The van der Waals surface area contributed by atoms with Gasteiger partial charge in [-0.25, -0.2) is 5.48 Å². The smallest absolute Gasteiger partial charge is 0.244 e. The molecule has 2 rings (SSSR count). The molecule has 5 heteroatoms. The number of nitrogens with one attached hydrogen (secondary N) is 1. The number of benzene rings is 2. The molecule has 2 aromatic rings. The minimum atomic E-state index is -0.466. The molecule has 2 aromatic carbocycles. The van der Waals surface area contributed by atoms with Crippen LogP contribution in [0.1, 0.15) is 40.7 Å². The first-order chi connectivity index (χ1) is 13.4. The Morgan fingerprint density at radius 1 is 1.11 bits per heavy atom. The van der Waals surface area contributed by atoms with Crippen LogP contribution in [0.5, 0.6) is 11.5 Å². The third-order valence-corrected chi connectivity index (χ3v) is 4.56. The van der Waals surface area contributed by atoms with Crippen LogP contribution in [0.2, 0.25) is 0 Å². The molecule has 0 fully saturated rings. The zero-order chi connectivity index (χ0) is 20.7. The van der Waals surface area contributed by atoms with Crippen LogP contribution in [-0.4, -0.2) is 25.3 Å². The Hall–Kier alpha value is -3.23. The van der Waals surface area contributed by atoms with Crippen molar-refractivity contribution in [1.82, 2.24) is 5.48 Å². The van der Waals surface area contributed by atoms with Gasteiger partial charge in [-0.3, -0.25) is 10.0 Å². The number of ether oxygens (including phenoxy) is 2. The number of hydrogen-bond acceptors (Lipinski definition) is 4. The molecular weight excluding hydrogens is 354 g/mol. The zero-order valence-corrected chi connectivity index (χ0v) is 16.7. The number of rotatable bonds is 6. The Balaban J connectivity index is 2.34. The average Bonchev–Trinajstić information content (AvgIpc) is 2.72. The second kappa shape index (κ2) is 9.63. The quantitative estimate of drug-likeness (QED) is 0.452. The highest BCUT2D eigenvalue weighted by atomic mass is 16.5. The summed E-state index contributed by atoms with van der Waals surface area (Å²) in [7, 11) is 3.24. The molecule has 0 atom stereocenters. The highest BCUT2D eigenvalue weighted by Crippen LogP contribution is 2.31. The topological polar surface area (TPSA) is 67.8 Å². The van der Waals surface area contributed by atoms with Gasteiger partial charge in [0, 0.05) is 12.8 Å². The van der Waals surface area contributed by atoms with Crippen LogP contribution in [0.4, 0.5) is 0 Å². The molecule has 0 aliphatic rings. The van der Waals surface area contributed by atoms with Crippen molar-refractivity contribution in [3.63, 3.8) is 0 Å². The molecule has 0 aliphatic heterocycles. The van der Waals surface area contributed by atoms with Gasteiger partial charge in [0.05, 0.1) is 19.8 Å². The monoisotopic (exact) mass is 379 g/mol. The van der Waals surface area contributed by atoms with E-state index in [-0.39, 0.29) is 6.42 Å². The average molecular weight is 379 g/mol. The number of carbonyl (C=O) groups is 1. The maximum absolute atomic E-state index is 11.1. The molecule has 0 saturated carbocycles. The van der Waals surface area contributed by atoms with Gasteiger partial charge >= 0.3 is 0 Å². The number of aryl methyl sites for hydroxylation is 1. The first kappa shape index (κ1) is 21.1. The van der Waals surface area contributed by atoms with Gasteiger partial charge in [0.15, 0.2) is 0 Å². The number of hydroxylamine groups is 1. The Morgan fingerprint density at radius 2 is 1.82 bits per heavy atom. The molecule has 0 spiro atoms. The standard InChI is InChI=1S/C23H25NO4/c1-15-12-20(14-22(28-5)16(15)2)17(3)18-10-11-21(27-4)19(13-18)8-6-7-9-23(25)24-26/h10-14,26H,3,7,9H2,1-2,4-5H3,(H,24,25). The van der Waals surface area contributed by atoms with E-state index in [1.807, 2.05) is 38.1 Å². The first-order valence-corrected chi connectivity index (χ1v) is 8.86. The highest BCUT2D eigenvalue weighted by molar-refractivity contribution is 5.80. The van der Waals surface area contributed by atoms with Crippen molar-refractivity contribution in [2.75, 3.05) is 14.2 Å². The molecular formula is C23H25NO4. The molecule has 0 aromatic heterocycles. The van der Waals surface area contributed by atoms with Crippen molar-refractivity contribution in [2.24, 2.45) is 0 Å². The first-order valence-electron chi connectivity index (χ1n) is 8.86. The van der Waals surface area contributed by atoms with Gasteiger partial charge in [-0.1, -0.05) is 30.6 Å². The molecule has 0 saturated heterocycles. The van der Waals surface area contributed by atoms with Crippen LogP contribution in [-0.2, 0) is 4.79 Å². The summed E-state index contributed by atoms with van der Waals surface area (Å²) in [6.07, 6.45) is 0.454. The highest BCUT2D eigenvalue weighted by Gasteiger charge is 2.11. The van der Waals surface area contributed by atoms with E-state index in [1.165, 1.54) is 0 Å². The Morgan fingerprint density at radius 3 is 2.46 bits per heavy atom. The molecule has 1 amide bonds. The van der Waals surface area contributed by atoms with Crippen LogP contribution < -0.4 is 15.0 Å². The molecule has 0 heterocycles. The number of methoxy groups -OCH3 is 2. The SMILES string of the molecule is C=C(c1ccc(OC)c(C#CCCC(=O)NO)c1)c1cc(C)c(C)c(OC)c1. The molecule has 2 N–H and O–H groups in total. The molecule has 5 nitrogen and oxygen atoms in total. The maximum atomic E-state index is 11.1. The predicted octanol–water partition coefficient (Wildman–Crippen LogP) is 4.02. The Labute approximate surface area is 165 Å². The normalized spacial score (nSPS) is 9.89. The summed E-state index contributed by atoms with van der Waals surface area (Å²) < 4.78 is 10.9. The van der Waals surface area contributed by atoms with Crippen molar-refractivity contribution in [2.45, 2.75) is 26.7 Å². The fourth-order valence-corrected chi connectivity index (χ4v) is 2.76. The Kier molecular flexibility index (Phi) is 7.25. The lowest BCUT2D eigenvalue weighted by Gasteiger charge is -2.14. The van der Waals surface area contributed by atoms with E-state index >= 15 is 0 Å². The molecule has 0 radical (unpaired) electrons. The minimum Gasteiger partial charge on any atom is -0.496 e. The number of carbonyl (C=O) groups excluding carboxylic acids is 1. The van der Waals surface area contributed by atoms with E-state index < -0.39 is 5.91 Å². The molecule has 28 heavy (non-hydrogen) atoms. The second-order valence-corrected chi connectivity index (χ2v) is 6.35. The van der Waals surface area contributed by atoms with E-state index in [0.717, 1.165) is 33.6 Å². The van der Waals surface area contributed by atoms with Gasteiger partial charge in [-0.15, -0.1) is 0 Å². The van der Waals surface area contributed by atoms with Crippen molar-refractivity contribution >= 4 is 11.5 Å². The summed E-state index contributed by atoms with van der Waals surface area (Å²) in [4.78, 5) is 11.1. The summed E-state index contributed by atoms with van der Waals surface area (Å²) in [5.74, 6) is 6.97. The summed E-state index contributed by atoms with van der Waals surface area (Å²) in [5, 5.41) is 8.53. The van der Waals surface area contributed by atoms with Crippen LogP contribution in [0.3, 0.4) is 0 Å². The minimum absolute atomic E-state index is 0.126. The van der Waals surface area contributed by atoms with E-state index in [0.29, 0.717) is 17.7 Å². The van der Waals surface area contributed by atoms with Crippen LogP contribution in [0.15, 0.2) is 36.9 Å². The van der Waals surface area contributed by atoms with Crippen molar-refractivity contribution in [3.8, 4) is 23.3 Å². The van der Waals surface area contributed by atoms with Crippen LogP contribution in [0.25, 0.3) is 5.57 Å². The maximum Gasteiger partial charge on any atom is 0.244 e. The number of amides is 1. The predicted molar refractivity (Wildman–Crippen MR) is 110 cm³/mol. The van der Waals surface area contributed by atoms with E-state index in [9.17, 15) is 4.79 Å². The number of hydrogen-bond donors (Lipinski definition) is 2. The third-order valence-electron chi connectivity index (χ3n) is 4.56. The fourth-order valence-electron chi connectivity index (χ4n) is 2.76. The fraction of sp³-hybridized carbons (Fsp3) is 0.261. The summed E-state index contributed by atoms with van der Waals surface area (Å²) in [5.41, 5.74) is 7.29. The molecule has 0 aliphatic carbocycles. The van der Waals surface area contributed by atoms with E-state index in [1.54, 1.807) is 19.7 Å². The van der Waals surface area contributed by atoms with E-state index in [2.05, 4.69) is 24.5 Å².